The number of fused-ring (bicyclic) bond motifs is 1. The van der Waals surface area contributed by atoms with E-state index in [2.05, 4.69) is 33.8 Å². The van der Waals surface area contributed by atoms with E-state index in [9.17, 15) is 18.3 Å². The van der Waals surface area contributed by atoms with Crippen molar-refractivity contribution in [1.82, 2.24) is 0 Å². The molecule has 0 bridgehead atoms. The van der Waals surface area contributed by atoms with Gasteiger partial charge in [-0.15, -0.1) is 0 Å². The summed E-state index contributed by atoms with van der Waals surface area (Å²) in [4.78, 5) is 12.3. The Hall–Kier alpha value is -1.14. The summed E-state index contributed by atoms with van der Waals surface area (Å²) in [5.41, 5.74) is 3.07. The van der Waals surface area contributed by atoms with Gasteiger partial charge in [0.05, 0.1) is 11.4 Å². The van der Waals surface area contributed by atoms with Crippen molar-refractivity contribution in [2.45, 2.75) is 161 Å². The van der Waals surface area contributed by atoms with Crippen molar-refractivity contribution >= 4 is 15.8 Å². The highest BCUT2D eigenvalue weighted by molar-refractivity contribution is 7.93. The van der Waals surface area contributed by atoms with Crippen molar-refractivity contribution in [1.29, 1.82) is 0 Å². The van der Waals surface area contributed by atoms with Gasteiger partial charge in [0, 0.05) is 6.42 Å². The second-order valence-electron chi connectivity index (χ2n) is 15.6. The van der Waals surface area contributed by atoms with E-state index in [1.807, 2.05) is 20.8 Å². The molecule has 3 aliphatic carbocycles. The molecule has 0 aromatic carbocycles. The molecular weight excluding hydrogens is 532 g/mol. The Kier molecular flexibility index (Phi) is 10.3. The summed E-state index contributed by atoms with van der Waals surface area (Å²) in [7, 11) is -3.48. The molecule has 2 fully saturated rings. The standard InChI is InChI=1S/C35H58O5S/c1-23(2)11-8-12-24(3)29-18-19-30-25(13-10-20-35(29,30)7)21-32-28-22-26(36)16-17-27(28)31(41(32,38)39)14-9-15-33(37)40-34(4,5)6/h21,23-24,26,29-32,36H,8-20,22H2,1-7H3/b25-21+/t24-,26+,29-,30+,31+,32-,35-/m1/s1. The van der Waals surface area contributed by atoms with Crippen molar-refractivity contribution < 1.29 is 23.1 Å². The summed E-state index contributed by atoms with van der Waals surface area (Å²) in [6, 6.07) is 0. The Morgan fingerprint density at radius 1 is 1.07 bits per heavy atom. The number of aliphatic hydroxyl groups is 1. The van der Waals surface area contributed by atoms with E-state index in [4.69, 9.17) is 4.74 Å². The van der Waals surface area contributed by atoms with E-state index in [1.165, 1.54) is 44.1 Å². The Labute approximate surface area is 250 Å². The number of hydrogen-bond donors (Lipinski definition) is 1. The van der Waals surface area contributed by atoms with Crippen molar-refractivity contribution in [3.63, 3.8) is 0 Å². The van der Waals surface area contributed by atoms with Crippen molar-refractivity contribution in [2.75, 3.05) is 0 Å². The number of hydrogen-bond acceptors (Lipinski definition) is 5. The lowest BCUT2D eigenvalue weighted by atomic mass is 9.60. The third-order valence-electron chi connectivity index (χ3n) is 10.9. The van der Waals surface area contributed by atoms with Gasteiger partial charge in [-0.05, 0) is 120 Å². The zero-order valence-electron chi connectivity index (χ0n) is 27.0. The average molecular weight is 591 g/mol. The summed E-state index contributed by atoms with van der Waals surface area (Å²) in [6.45, 7) is 15.1. The van der Waals surface area contributed by atoms with E-state index < -0.39 is 32.0 Å². The fourth-order valence-electron chi connectivity index (χ4n) is 9.03. The lowest BCUT2D eigenvalue weighted by Gasteiger charge is -2.44. The SMILES string of the molecule is CC(C)CCC[C@@H](C)[C@H]1CC[C@H]2/C(=C/[C@@H]3C4=C(CC[C@H](O)C4)[C@H](CCCC(=O)OC(C)(C)C)S3(=O)=O)CCC[C@]12C. The number of sulfone groups is 1. The molecule has 0 aromatic heterocycles. The molecule has 234 valence electrons. The highest BCUT2D eigenvalue weighted by Gasteiger charge is 2.52. The minimum absolute atomic E-state index is 0.234. The lowest BCUT2D eigenvalue weighted by molar-refractivity contribution is -0.154. The average Bonchev–Trinajstić information content (AvgIpc) is 3.30. The maximum atomic E-state index is 14.2. The zero-order chi connectivity index (χ0) is 30.2. The number of allylic oxidation sites excluding steroid dienone is 1. The van der Waals surface area contributed by atoms with Gasteiger partial charge < -0.3 is 9.84 Å². The summed E-state index contributed by atoms with van der Waals surface area (Å²) >= 11 is 0. The highest BCUT2D eigenvalue weighted by Crippen LogP contribution is 2.60. The van der Waals surface area contributed by atoms with Crippen LogP contribution in [-0.2, 0) is 19.4 Å². The van der Waals surface area contributed by atoms with Gasteiger partial charge in [-0.3, -0.25) is 4.79 Å². The predicted octanol–water partition coefficient (Wildman–Crippen LogP) is 8.11. The van der Waals surface area contributed by atoms with E-state index in [0.29, 0.717) is 49.9 Å². The molecule has 0 amide bonds. The molecule has 6 heteroatoms. The quantitative estimate of drug-likeness (QED) is 0.205. The second kappa shape index (κ2) is 12.8. The molecule has 0 spiro atoms. The van der Waals surface area contributed by atoms with E-state index in [-0.39, 0.29) is 17.8 Å². The van der Waals surface area contributed by atoms with Crippen LogP contribution in [0.1, 0.15) is 138 Å². The number of ether oxygens (including phenoxy) is 1. The maximum Gasteiger partial charge on any atom is 0.306 e. The largest absolute Gasteiger partial charge is 0.460 e. The second-order valence-corrected chi connectivity index (χ2v) is 17.8. The molecule has 2 saturated carbocycles. The van der Waals surface area contributed by atoms with Gasteiger partial charge >= 0.3 is 5.97 Å². The van der Waals surface area contributed by atoms with E-state index >= 15 is 0 Å². The van der Waals surface area contributed by atoms with Gasteiger partial charge in [0.25, 0.3) is 0 Å². The third-order valence-corrected chi connectivity index (χ3v) is 13.3. The molecule has 0 unspecified atom stereocenters. The monoisotopic (exact) mass is 590 g/mol. The third kappa shape index (κ3) is 7.33. The molecule has 0 saturated heterocycles. The van der Waals surface area contributed by atoms with Crippen LogP contribution in [0.5, 0.6) is 0 Å². The first-order valence-corrected chi connectivity index (χ1v) is 18.3. The number of rotatable bonds is 10. The van der Waals surface area contributed by atoms with Crippen LogP contribution in [0.3, 0.4) is 0 Å². The van der Waals surface area contributed by atoms with Crippen LogP contribution >= 0.6 is 0 Å². The minimum atomic E-state index is -3.48. The van der Waals surface area contributed by atoms with Crippen molar-refractivity contribution in [2.24, 2.45) is 29.1 Å². The number of esters is 1. The molecule has 1 heterocycles. The summed E-state index contributed by atoms with van der Waals surface area (Å²) < 4.78 is 33.8. The van der Waals surface area contributed by atoms with E-state index in [0.717, 1.165) is 29.9 Å². The van der Waals surface area contributed by atoms with Gasteiger partial charge in [-0.1, -0.05) is 64.2 Å². The smallest absolute Gasteiger partial charge is 0.306 e. The first-order valence-electron chi connectivity index (χ1n) is 16.7. The molecule has 4 aliphatic rings. The molecule has 7 atom stereocenters. The van der Waals surface area contributed by atoms with Gasteiger partial charge in [-0.25, -0.2) is 8.42 Å². The molecule has 1 N–H and O–H groups in total. The van der Waals surface area contributed by atoms with E-state index in [1.54, 1.807) is 0 Å². The van der Waals surface area contributed by atoms with Crippen LogP contribution in [0.4, 0.5) is 0 Å². The summed E-state index contributed by atoms with van der Waals surface area (Å²) in [5.74, 6) is 2.36. The van der Waals surface area contributed by atoms with Crippen molar-refractivity contribution in [3.05, 3.63) is 22.8 Å². The fourth-order valence-corrected chi connectivity index (χ4v) is 11.5. The van der Waals surface area contributed by atoms with Crippen molar-refractivity contribution in [3.8, 4) is 0 Å². The topological polar surface area (TPSA) is 80.7 Å². The van der Waals surface area contributed by atoms with Crippen LogP contribution in [0, 0.1) is 29.1 Å². The highest BCUT2D eigenvalue weighted by atomic mass is 32.2. The van der Waals surface area contributed by atoms with Crippen LogP contribution in [0.2, 0.25) is 0 Å². The van der Waals surface area contributed by atoms with Gasteiger partial charge in [0.15, 0.2) is 9.84 Å². The number of carbonyl (C=O) groups is 1. The molecule has 41 heavy (non-hydrogen) atoms. The summed E-state index contributed by atoms with van der Waals surface area (Å²) in [6.07, 6.45) is 14.3. The minimum Gasteiger partial charge on any atom is -0.460 e. The Bertz CT molecular complexity index is 1110. The molecule has 5 nitrogen and oxygen atoms in total. The fraction of sp³-hybridized carbons (Fsp3) is 0.857. The normalized spacial score (nSPS) is 35.0. The Morgan fingerprint density at radius 2 is 1.80 bits per heavy atom. The molecule has 0 radical (unpaired) electrons. The van der Waals surface area contributed by atoms with Crippen LogP contribution in [0.15, 0.2) is 22.8 Å². The van der Waals surface area contributed by atoms with Gasteiger partial charge in [-0.2, -0.15) is 0 Å². The molecular formula is C35H58O5S. The van der Waals surface area contributed by atoms with Crippen LogP contribution in [-0.4, -0.2) is 41.7 Å². The summed E-state index contributed by atoms with van der Waals surface area (Å²) in [5, 5.41) is 9.42. The molecule has 0 aromatic rings. The molecule has 4 rings (SSSR count). The predicted molar refractivity (Wildman–Crippen MR) is 167 cm³/mol. The van der Waals surface area contributed by atoms with Crippen LogP contribution < -0.4 is 0 Å². The lowest BCUT2D eigenvalue weighted by Crippen LogP contribution is -2.36. The number of carbonyl (C=O) groups excluding carboxylic acids is 1. The first kappa shape index (κ1) is 32.8. The Balaban J connectivity index is 1.53. The van der Waals surface area contributed by atoms with Gasteiger partial charge in [0.2, 0.25) is 0 Å². The Morgan fingerprint density at radius 3 is 2.49 bits per heavy atom. The maximum absolute atomic E-state index is 14.2. The number of aliphatic hydroxyl groups excluding tert-OH is 1. The molecule has 1 aliphatic heterocycles. The zero-order valence-corrected chi connectivity index (χ0v) is 27.8. The first-order chi connectivity index (χ1) is 19.1. The van der Waals surface area contributed by atoms with Crippen LogP contribution in [0.25, 0.3) is 0 Å². The van der Waals surface area contributed by atoms with Gasteiger partial charge in [0.1, 0.15) is 10.9 Å².